The number of carbonyl (C=O) groups is 3. The number of benzene rings is 2. The molecule has 1 aromatic heterocycles. The molecule has 1 fully saturated rings. The lowest BCUT2D eigenvalue weighted by Crippen LogP contribution is -2.52. The minimum atomic E-state index is -0.664. The van der Waals surface area contributed by atoms with Crippen molar-refractivity contribution in [2.75, 3.05) is 0 Å². The lowest BCUT2D eigenvalue weighted by atomic mass is 9.98. The van der Waals surface area contributed by atoms with Crippen molar-refractivity contribution in [2.45, 2.75) is 32.4 Å². The van der Waals surface area contributed by atoms with Gasteiger partial charge in [-0.15, -0.1) is 0 Å². The molecular formula is C24H21FN4O3. The molecule has 32 heavy (non-hydrogen) atoms. The Balaban J connectivity index is 1.52. The van der Waals surface area contributed by atoms with E-state index in [2.05, 4.69) is 10.3 Å². The van der Waals surface area contributed by atoms with Gasteiger partial charge in [0.15, 0.2) is 0 Å². The first-order valence-corrected chi connectivity index (χ1v) is 10.4. The maximum absolute atomic E-state index is 14.7. The Morgan fingerprint density at radius 1 is 1.16 bits per heavy atom. The van der Waals surface area contributed by atoms with Crippen LogP contribution in [0.3, 0.4) is 0 Å². The maximum Gasteiger partial charge on any atom is 0.255 e. The molecule has 1 N–H and O–H groups in total. The number of aromatic nitrogens is 2. The highest BCUT2D eigenvalue weighted by Crippen LogP contribution is 2.37. The molecule has 162 valence electrons. The van der Waals surface area contributed by atoms with Crippen molar-refractivity contribution in [3.05, 3.63) is 65.2 Å². The third kappa shape index (κ3) is 3.10. The quantitative estimate of drug-likeness (QED) is 0.645. The molecule has 5 rings (SSSR count). The van der Waals surface area contributed by atoms with Crippen molar-refractivity contribution in [3.8, 4) is 22.5 Å². The van der Waals surface area contributed by atoms with E-state index in [4.69, 9.17) is 0 Å². The van der Waals surface area contributed by atoms with E-state index in [-0.39, 0.29) is 30.6 Å². The van der Waals surface area contributed by atoms with Crippen LogP contribution in [-0.4, -0.2) is 38.2 Å². The standard InChI is InChI=1S/C24H21FN4O3/c1-13-4-3-5-17(25)20(13)22-21(26-12-28(22)2)14-6-7-16-15(10-14)11-29(24(16)32)18-8-9-19(30)27-23(18)31/h3-7,10,12,18H,8-9,11H2,1-2H3,(H,27,30,31). The van der Waals surface area contributed by atoms with Crippen LogP contribution < -0.4 is 5.32 Å². The number of hydrogen-bond donors (Lipinski definition) is 1. The molecule has 1 saturated heterocycles. The Morgan fingerprint density at radius 3 is 2.72 bits per heavy atom. The number of halogens is 1. The van der Waals surface area contributed by atoms with Gasteiger partial charge in [-0.2, -0.15) is 0 Å². The molecule has 0 bridgehead atoms. The summed E-state index contributed by atoms with van der Waals surface area (Å²) in [5, 5.41) is 2.31. The summed E-state index contributed by atoms with van der Waals surface area (Å²) in [4.78, 5) is 42.7. The third-order valence-electron chi connectivity index (χ3n) is 6.19. The maximum atomic E-state index is 14.7. The number of imidazole rings is 1. The number of piperidine rings is 1. The SMILES string of the molecule is Cc1cccc(F)c1-c1c(-c2ccc3c(c2)CN(C2CCC(=O)NC2=O)C3=O)ncn1C. The van der Waals surface area contributed by atoms with Crippen LogP contribution in [0.5, 0.6) is 0 Å². The smallest absolute Gasteiger partial charge is 0.255 e. The van der Waals surface area contributed by atoms with Crippen LogP contribution in [0.1, 0.15) is 34.3 Å². The summed E-state index contributed by atoms with van der Waals surface area (Å²) in [6, 6.07) is 9.70. The predicted molar refractivity (Wildman–Crippen MR) is 115 cm³/mol. The summed E-state index contributed by atoms with van der Waals surface area (Å²) in [6.45, 7) is 2.13. The van der Waals surface area contributed by atoms with Gasteiger partial charge in [0.25, 0.3) is 5.91 Å². The van der Waals surface area contributed by atoms with Crippen molar-refractivity contribution in [1.29, 1.82) is 0 Å². The van der Waals surface area contributed by atoms with Gasteiger partial charge in [-0.05, 0) is 42.7 Å². The topological polar surface area (TPSA) is 84.3 Å². The van der Waals surface area contributed by atoms with Gasteiger partial charge in [-0.1, -0.05) is 18.2 Å². The summed E-state index contributed by atoms with van der Waals surface area (Å²) >= 11 is 0. The second-order valence-corrected chi connectivity index (χ2v) is 8.26. The summed E-state index contributed by atoms with van der Waals surface area (Å²) < 4.78 is 16.5. The van der Waals surface area contributed by atoms with Crippen molar-refractivity contribution in [2.24, 2.45) is 7.05 Å². The van der Waals surface area contributed by atoms with Gasteiger partial charge in [0, 0.05) is 36.7 Å². The molecule has 2 aliphatic heterocycles. The fourth-order valence-corrected chi connectivity index (χ4v) is 4.59. The molecule has 7 nitrogen and oxygen atoms in total. The first kappa shape index (κ1) is 20.1. The van der Waals surface area contributed by atoms with Crippen molar-refractivity contribution < 1.29 is 18.8 Å². The molecule has 3 amide bonds. The van der Waals surface area contributed by atoms with Crippen molar-refractivity contribution in [1.82, 2.24) is 19.8 Å². The Hall–Kier alpha value is -3.81. The van der Waals surface area contributed by atoms with Gasteiger partial charge in [-0.3, -0.25) is 19.7 Å². The van der Waals surface area contributed by atoms with Gasteiger partial charge in [0.05, 0.1) is 17.7 Å². The zero-order valence-corrected chi connectivity index (χ0v) is 17.7. The molecule has 0 spiro atoms. The first-order valence-electron chi connectivity index (χ1n) is 10.4. The molecule has 1 unspecified atom stereocenters. The Morgan fingerprint density at radius 2 is 1.97 bits per heavy atom. The normalized spacial score (nSPS) is 18.2. The number of rotatable bonds is 3. The van der Waals surface area contributed by atoms with E-state index in [1.807, 2.05) is 26.1 Å². The van der Waals surface area contributed by atoms with Gasteiger partial charge in [-0.25, -0.2) is 9.37 Å². The van der Waals surface area contributed by atoms with E-state index in [1.54, 1.807) is 29.1 Å². The van der Waals surface area contributed by atoms with Crippen LogP contribution in [-0.2, 0) is 23.2 Å². The minimum absolute atomic E-state index is 0.209. The highest BCUT2D eigenvalue weighted by atomic mass is 19.1. The molecular weight excluding hydrogens is 411 g/mol. The number of carbonyl (C=O) groups excluding carboxylic acids is 3. The molecule has 2 aromatic carbocycles. The van der Waals surface area contributed by atoms with Crippen LogP contribution in [0.25, 0.3) is 22.5 Å². The van der Waals surface area contributed by atoms with Gasteiger partial charge < -0.3 is 9.47 Å². The predicted octanol–water partition coefficient (Wildman–Crippen LogP) is 2.96. The molecule has 1 atom stereocenters. The molecule has 3 heterocycles. The van der Waals surface area contributed by atoms with E-state index in [9.17, 15) is 18.8 Å². The summed E-state index contributed by atoms with van der Waals surface area (Å²) in [7, 11) is 1.82. The molecule has 3 aromatic rings. The summed E-state index contributed by atoms with van der Waals surface area (Å²) in [6.07, 6.45) is 2.17. The van der Waals surface area contributed by atoms with Gasteiger partial charge >= 0.3 is 0 Å². The molecule has 8 heteroatoms. The number of nitrogens with one attached hydrogen (secondary N) is 1. The van der Waals surface area contributed by atoms with E-state index < -0.39 is 11.9 Å². The highest BCUT2D eigenvalue weighted by molar-refractivity contribution is 6.05. The summed E-state index contributed by atoms with van der Waals surface area (Å²) in [5.41, 5.74) is 4.64. The number of hydrogen-bond acceptors (Lipinski definition) is 4. The molecule has 2 aliphatic rings. The molecule has 0 aliphatic carbocycles. The van der Waals surface area contributed by atoms with Gasteiger partial charge in [0.1, 0.15) is 11.9 Å². The van der Waals surface area contributed by atoms with E-state index in [0.717, 1.165) is 16.7 Å². The second kappa shape index (κ2) is 7.40. The number of imide groups is 1. The zero-order chi connectivity index (χ0) is 22.6. The minimum Gasteiger partial charge on any atom is -0.333 e. The Labute approximate surface area is 183 Å². The fourth-order valence-electron chi connectivity index (χ4n) is 4.59. The first-order chi connectivity index (χ1) is 15.3. The summed E-state index contributed by atoms with van der Waals surface area (Å²) in [5.74, 6) is -1.31. The van der Waals surface area contributed by atoms with E-state index in [1.165, 1.54) is 11.0 Å². The average molecular weight is 432 g/mol. The largest absolute Gasteiger partial charge is 0.333 e. The fraction of sp³-hybridized carbons (Fsp3) is 0.250. The Kier molecular flexibility index (Phi) is 4.65. The number of aryl methyl sites for hydroxylation is 2. The average Bonchev–Trinajstić information content (AvgIpc) is 3.28. The molecule has 0 saturated carbocycles. The van der Waals surface area contributed by atoms with Crippen LogP contribution in [0.15, 0.2) is 42.7 Å². The van der Waals surface area contributed by atoms with E-state index >= 15 is 0 Å². The number of amides is 3. The number of nitrogens with zero attached hydrogens (tertiary/aromatic N) is 3. The van der Waals surface area contributed by atoms with Crippen LogP contribution in [0, 0.1) is 12.7 Å². The number of fused-ring (bicyclic) bond motifs is 1. The lowest BCUT2D eigenvalue weighted by molar-refractivity contribution is -0.136. The molecule has 0 radical (unpaired) electrons. The second-order valence-electron chi connectivity index (χ2n) is 8.26. The van der Waals surface area contributed by atoms with E-state index in [0.29, 0.717) is 28.9 Å². The zero-order valence-electron chi connectivity index (χ0n) is 17.7. The highest BCUT2D eigenvalue weighted by Gasteiger charge is 2.39. The monoisotopic (exact) mass is 432 g/mol. The van der Waals surface area contributed by atoms with Crippen LogP contribution in [0.4, 0.5) is 4.39 Å². The lowest BCUT2D eigenvalue weighted by Gasteiger charge is -2.29. The Bertz CT molecular complexity index is 1280. The van der Waals surface area contributed by atoms with Crippen LogP contribution in [0.2, 0.25) is 0 Å². The van der Waals surface area contributed by atoms with Crippen LogP contribution >= 0.6 is 0 Å². The van der Waals surface area contributed by atoms with Gasteiger partial charge in [0.2, 0.25) is 11.8 Å². The van der Waals surface area contributed by atoms with Crippen molar-refractivity contribution >= 4 is 17.7 Å². The third-order valence-corrected chi connectivity index (χ3v) is 6.19. The van der Waals surface area contributed by atoms with Crippen molar-refractivity contribution in [3.63, 3.8) is 0 Å².